The molecule has 0 aliphatic carbocycles. The maximum atomic E-state index is 13.2. The van der Waals surface area contributed by atoms with E-state index in [-0.39, 0.29) is 34.2 Å². The summed E-state index contributed by atoms with van der Waals surface area (Å²) in [5.41, 5.74) is 3.88. The van der Waals surface area contributed by atoms with Crippen molar-refractivity contribution in [2.24, 2.45) is 0 Å². The molecule has 2 amide bonds. The lowest BCUT2D eigenvalue weighted by atomic mass is 9.69. The average Bonchev–Trinajstić information content (AvgIpc) is 2.89. The number of fused-ring (bicyclic) bond motifs is 2. The second-order valence-electron chi connectivity index (χ2n) is 11.7. The van der Waals surface area contributed by atoms with Crippen LogP contribution in [-0.2, 0) is 30.3 Å². The largest absolute Gasteiger partial charge is 0.422 e. The van der Waals surface area contributed by atoms with Gasteiger partial charge < -0.3 is 9.32 Å². The van der Waals surface area contributed by atoms with Crippen molar-refractivity contribution in [1.82, 2.24) is 5.06 Å². The van der Waals surface area contributed by atoms with Gasteiger partial charge in [0.2, 0.25) is 0 Å². The molecule has 3 aliphatic rings. The Hall–Kier alpha value is -4.00. The second-order valence-corrected chi connectivity index (χ2v) is 11.7. The average molecular weight is 544 g/mol. The number of hydroxylamine groups is 2. The summed E-state index contributed by atoms with van der Waals surface area (Å²) in [4.78, 5) is 50.6. The molecule has 0 saturated heterocycles. The third kappa shape index (κ3) is 4.37. The molecule has 208 valence electrons. The fourth-order valence-electron chi connectivity index (χ4n) is 5.79. The molecule has 3 aliphatic heterocycles. The van der Waals surface area contributed by atoms with Crippen molar-refractivity contribution in [3.63, 3.8) is 0 Å². The molecule has 0 bridgehead atoms. The molecule has 1 aromatic heterocycles. The van der Waals surface area contributed by atoms with E-state index in [9.17, 15) is 19.6 Å². The van der Waals surface area contributed by atoms with E-state index in [0.717, 1.165) is 36.9 Å². The quantitative estimate of drug-likeness (QED) is 0.170. The lowest BCUT2D eigenvalue weighted by molar-refractivity contribution is -0.392. The predicted octanol–water partition coefficient (Wildman–Crippen LogP) is 4.99. The Morgan fingerprint density at radius 2 is 1.77 bits per heavy atom. The van der Waals surface area contributed by atoms with Crippen molar-refractivity contribution >= 4 is 34.5 Å². The predicted molar refractivity (Wildman–Crippen MR) is 150 cm³/mol. The molecule has 0 fully saturated rings. The van der Waals surface area contributed by atoms with Gasteiger partial charge >= 0.3 is 5.63 Å². The summed E-state index contributed by atoms with van der Waals surface area (Å²) in [6.07, 6.45) is 6.53. The first-order chi connectivity index (χ1) is 18.9. The van der Waals surface area contributed by atoms with Crippen LogP contribution in [0, 0.1) is 11.3 Å². The van der Waals surface area contributed by atoms with Crippen LogP contribution in [-0.4, -0.2) is 36.6 Å². The first kappa shape index (κ1) is 27.6. The molecule has 1 aromatic carbocycles. The normalized spacial score (nSPS) is 21.0. The molecule has 40 heavy (non-hydrogen) atoms. The van der Waals surface area contributed by atoms with Gasteiger partial charge in [-0.25, -0.2) is 9.68 Å². The molecule has 0 N–H and O–H groups in total. The Balaban J connectivity index is 1.60. The number of allylic oxidation sites excluding steroid dienone is 2. The lowest BCUT2D eigenvalue weighted by Gasteiger charge is -2.48. The van der Waals surface area contributed by atoms with E-state index in [4.69, 9.17) is 14.3 Å². The highest BCUT2D eigenvalue weighted by Crippen LogP contribution is 2.51. The van der Waals surface area contributed by atoms with Gasteiger partial charge in [0.25, 0.3) is 11.8 Å². The van der Waals surface area contributed by atoms with Crippen molar-refractivity contribution in [2.45, 2.75) is 65.2 Å². The van der Waals surface area contributed by atoms with Crippen molar-refractivity contribution < 1.29 is 23.9 Å². The van der Waals surface area contributed by atoms with E-state index in [1.54, 1.807) is 13.0 Å². The summed E-state index contributed by atoms with van der Waals surface area (Å²) in [6.45, 7) is 14.1. The van der Waals surface area contributed by atoms with Crippen LogP contribution in [0.5, 0.6) is 0 Å². The van der Waals surface area contributed by atoms with Crippen molar-refractivity contribution in [2.75, 3.05) is 24.6 Å². The standard InChI is InChI=1S/C31H33N3O6/c1-7-38-40-34-27(35)21(18(2)22(17-32)28(34)36)10-8-9-19-15-20-16-23-25-24(26(20)39-29(19)37)31(5,6)12-14-33(25)13-11-30(23,3)4/h8-10,15-16H,7,11-14H2,1-6H3/b9-8+,21-10-. The topological polar surface area (TPSA) is 113 Å². The maximum Gasteiger partial charge on any atom is 0.343 e. The zero-order valence-electron chi connectivity index (χ0n) is 23.7. The molecule has 9 heteroatoms. The fourth-order valence-corrected chi connectivity index (χ4v) is 5.79. The number of benzene rings is 1. The van der Waals surface area contributed by atoms with E-state index < -0.39 is 17.4 Å². The summed E-state index contributed by atoms with van der Waals surface area (Å²) in [7, 11) is 0. The highest BCUT2D eigenvalue weighted by atomic mass is 17.3. The molecule has 5 rings (SSSR count). The molecule has 0 unspecified atom stereocenters. The van der Waals surface area contributed by atoms with Crippen LogP contribution in [0.25, 0.3) is 17.0 Å². The van der Waals surface area contributed by atoms with Crippen LogP contribution < -0.4 is 10.5 Å². The van der Waals surface area contributed by atoms with Gasteiger partial charge in [0.1, 0.15) is 17.2 Å². The second kappa shape index (κ2) is 9.88. The molecular formula is C31H33N3O6. The smallest absolute Gasteiger partial charge is 0.343 e. The molecule has 4 heterocycles. The Kier molecular flexibility index (Phi) is 6.81. The Morgan fingerprint density at radius 3 is 2.45 bits per heavy atom. The highest BCUT2D eigenvalue weighted by Gasteiger charge is 2.42. The van der Waals surface area contributed by atoms with E-state index in [1.807, 2.05) is 12.1 Å². The fraction of sp³-hybridized carbons (Fsp3) is 0.419. The van der Waals surface area contributed by atoms with E-state index in [1.165, 1.54) is 30.3 Å². The molecule has 0 atom stereocenters. The third-order valence-corrected chi connectivity index (χ3v) is 8.25. The van der Waals surface area contributed by atoms with Gasteiger partial charge in [-0.05, 0) is 72.9 Å². The number of carbonyl (C=O) groups is 2. The van der Waals surface area contributed by atoms with Gasteiger partial charge in [0.15, 0.2) is 0 Å². The molecule has 9 nitrogen and oxygen atoms in total. The SMILES string of the molecule is CCOON1C(=O)C(C#N)=C(C)/C(=C/C=C/c2cc3cc4c5c(c3oc2=O)C(C)(C)CCN5CCC4(C)C)C1=O. The first-order valence-electron chi connectivity index (χ1n) is 13.5. The van der Waals surface area contributed by atoms with Gasteiger partial charge in [-0.3, -0.25) is 9.59 Å². The summed E-state index contributed by atoms with van der Waals surface area (Å²) in [5, 5.41) is 10.7. The number of anilines is 1. The number of nitriles is 1. The number of imide groups is 1. The Morgan fingerprint density at radius 1 is 1.07 bits per heavy atom. The summed E-state index contributed by atoms with van der Waals surface area (Å²) >= 11 is 0. The number of carbonyl (C=O) groups excluding carboxylic acids is 2. The first-order valence-corrected chi connectivity index (χ1v) is 13.5. The number of amides is 2. The monoisotopic (exact) mass is 543 g/mol. The number of hydrogen-bond donors (Lipinski definition) is 0. The molecule has 0 spiro atoms. The van der Waals surface area contributed by atoms with E-state index in [0.29, 0.717) is 16.2 Å². The number of nitrogens with zero attached hydrogens (tertiary/aromatic N) is 3. The zero-order chi connectivity index (χ0) is 29.0. The van der Waals surface area contributed by atoms with E-state index in [2.05, 4.69) is 38.7 Å². The molecular weight excluding hydrogens is 510 g/mol. The summed E-state index contributed by atoms with van der Waals surface area (Å²) in [6, 6.07) is 5.79. The lowest BCUT2D eigenvalue weighted by Crippen LogP contribution is -2.44. The van der Waals surface area contributed by atoms with E-state index >= 15 is 0 Å². The summed E-state index contributed by atoms with van der Waals surface area (Å²) < 4.78 is 6.00. The van der Waals surface area contributed by atoms with Crippen molar-refractivity contribution in [1.29, 1.82) is 5.26 Å². The van der Waals surface area contributed by atoms with Crippen LogP contribution in [0.2, 0.25) is 0 Å². The minimum atomic E-state index is -0.897. The molecule has 2 aromatic rings. The van der Waals surface area contributed by atoms with Crippen molar-refractivity contribution in [3.8, 4) is 6.07 Å². The van der Waals surface area contributed by atoms with Gasteiger partial charge in [-0.15, -0.1) is 10.1 Å². The Labute approximate surface area is 232 Å². The van der Waals surface area contributed by atoms with Crippen LogP contribution in [0.1, 0.15) is 71.1 Å². The van der Waals surface area contributed by atoms with Crippen LogP contribution in [0.3, 0.4) is 0 Å². The van der Waals surface area contributed by atoms with Gasteiger partial charge in [0.05, 0.1) is 12.2 Å². The summed E-state index contributed by atoms with van der Waals surface area (Å²) in [5.74, 6) is -1.67. The number of hydrogen-bond acceptors (Lipinski definition) is 8. The maximum absolute atomic E-state index is 13.2. The van der Waals surface area contributed by atoms with Crippen LogP contribution >= 0.6 is 0 Å². The third-order valence-electron chi connectivity index (χ3n) is 8.25. The Bertz CT molecular complexity index is 1630. The van der Waals surface area contributed by atoms with Gasteiger partial charge in [-0.1, -0.05) is 33.8 Å². The highest BCUT2D eigenvalue weighted by molar-refractivity contribution is 6.17. The minimum Gasteiger partial charge on any atom is -0.422 e. The van der Waals surface area contributed by atoms with Crippen LogP contribution in [0.4, 0.5) is 5.69 Å². The zero-order valence-corrected chi connectivity index (χ0v) is 23.7. The van der Waals surface area contributed by atoms with Crippen LogP contribution in [0.15, 0.2) is 50.2 Å². The number of rotatable bonds is 5. The molecule has 0 radical (unpaired) electrons. The minimum absolute atomic E-state index is 0.0186. The van der Waals surface area contributed by atoms with Gasteiger partial charge in [-0.2, -0.15) is 5.26 Å². The van der Waals surface area contributed by atoms with Gasteiger partial charge in [0, 0.05) is 35.3 Å². The molecule has 0 saturated carbocycles. The van der Waals surface area contributed by atoms with Crippen molar-refractivity contribution in [3.05, 3.63) is 68.1 Å².